The number of ketones is 1. The number of hydrogen-bond acceptors (Lipinski definition) is 5. The van der Waals surface area contributed by atoms with Crippen molar-refractivity contribution < 1.29 is 15.8 Å². The van der Waals surface area contributed by atoms with Crippen LogP contribution in [0.3, 0.4) is 0 Å². The van der Waals surface area contributed by atoms with Crippen LogP contribution in [0.1, 0.15) is 34.8 Å². The number of hydrogen-bond donors (Lipinski definition) is 2. The Balaban J connectivity index is 0.00000304. The van der Waals surface area contributed by atoms with Crippen LogP contribution in [-0.2, 0) is 4.79 Å². The number of aromatic nitrogens is 4. The Labute approximate surface area is 207 Å². The second-order valence-electron chi connectivity index (χ2n) is 8.63. The number of amides is 2. The lowest BCUT2D eigenvalue weighted by atomic mass is 10.1. The topological polar surface area (TPSA) is 115 Å². The van der Waals surface area contributed by atoms with Gasteiger partial charge in [-0.2, -0.15) is 0 Å². The summed E-state index contributed by atoms with van der Waals surface area (Å²) < 4.78 is 0. The number of nitrogens with zero attached hydrogens (tertiary/aromatic N) is 4. The molecule has 1 aliphatic rings. The number of benzene rings is 1. The first-order chi connectivity index (χ1) is 16.8. The first kappa shape index (κ1) is 22.8. The van der Waals surface area contributed by atoms with Crippen LogP contribution in [-0.4, -0.2) is 73.0 Å². The average molecular weight is 493 g/mol. The van der Waals surface area contributed by atoms with E-state index in [1.165, 1.54) is 11.1 Å². The summed E-state index contributed by atoms with van der Waals surface area (Å²) in [6.07, 6.45) is 3.17. The molecule has 3 aromatic heterocycles. The van der Waals surface area contributed by atoms with Gasteiger partial charge in [-0.05, 0) is 32.0 Å². The fourth-order valence-electron chi connectivity index (χ4n) is 4.43. The number of Topliss-reactive ketones (excluding diaryl/α,β-unsaturated/α-hetero) is 1. The van der Waals surface area contributed by atoms with Gasteiger partial charge < -0.3 is 19.8 Å². The van der Waals surface area contributed by atoms with Gasteiger partial charge in [0.05, 0.1) is 11.1 Å². The van der Waals surface area contributed by atoms with Gasteiger partial charge in [0.2, 0.25) is 0 Å². The van der Waals surface area contributed by atoms with E-state index in [1.54, 1.807) is 29.3 Å². The van der Waals surface area contributed by atoms with Crippen molar-refractivity contribution in [2.45, 2.75) is 19.9 Å². The van der Waals surface area contributed by atoms with Gasteiger partial charge in [-0.15, -0.1) is 0 Å². The molecule has 0 radical (unpaired) electrons. The predicted molar refractivity (Wildman–Crippen MR) is 133 cm³/mol. The molecule has 0 bridgehead atoms. The van der Waals surface area contributed by atoms with Gasteiger partial charge in [0.1, 0.15) is 16.5 Å². The maximum absolute atomic E-state index is 13.3. The Hall–Kier alpha value is -3.98. The fraction of sp³-hybridized carbons (Fsp3) is 0.240. The molecule has 1 atom stereocenters. The summed E-state index contributed by atoms with van der Waals surface area (Å²) in [6.45, 7) is 4.66. The quantitative estimate of drug-likeness (QED) is 0.256. The van der Waals surface area contributed by atoms with Crippen molar-refractivity contribution in [3.8, 4) is 11.4 Å². The predicted octanol–water partition coefficient (Wildman–Crippen LogP) is 3.72. The molecule has 0 saturated carbocycles. The van der Waals surface area contributed by atoms with Crippen LogP contribution in [0.2, 0.25) is 5.15 Å². The zero-order valence-electron chi connectivity index (χ0n) is 19.2. The molecule has 0 unspecified atom stereocenters. The third-order valence-corrected chi connectivity index (χ3v) is 6.39. The summed E-state index contributed by atoms with van der Waals surface area (Å²) in [5, 5.41) is 0.184. The number of pyridine rings is 1. The summed E-state index contributed by atoms with van der Waals surface area (Å²) in [5.41, 5.74) is 3.14. The number of aryl methyl sites for hydroxylation is 1. The third-order valence-electron chi connectivity index (χ3n) is 6.20. The zero-order valence-corrected chi connectivity index (χ0v) is 20.0. The van der Waals surface area contributed by atoms with Crippen LogP contribution in [0.25, 0.3) is 22.4 Å². The fourth-order valence-corrected chi connectivity index (χ4v) is 4.62. The molecule has 4 heterocycles. The van der Waals surface area contributed by atoms with Crippen molar-refractivity contribution in [2.75, 3.05) is 19.6 Å². The number of imidazole rings is 1. The van der Waals surface area contributed by atoms with Crippen LogP contribution in [0.15, 0.2) is 48.8 Å². The van der Waals surface area contributed by atoms with E-state index in [0.717, 1.165) is 5.69 Å². The van der Waals surface area contributed by atoms with E-state index >= 15 is 0 Å². The number of aromatic amines is 2. The lowest BCUT2D eigenvalue weighted by molar-refractivity contribution is -0.130. The minimum atomic E-state index is -0.678. The highest BCUT2D eigenvalue weighted by molar-refractivity contribution is 6.45. The second-order valence-corrected chi connectivity index (χ2v) is 9.01. The van der Waals surface area contributed by atoms with Gasteiger partial charge in [-0.3, -0.25) is 14.4 Å². The maximum atomic E-state index is 13.3. The normalized spacial score (nSPS) is 16.0. The van der Waals surface area contributed by atoms with E-state index in [2.05, 4.69) is 19.9 Å². The van der Waals surface area contributed by atoms with Crippen LogP contribution in [0, 0.1) is 6.92 Å². The summed E-state index contributed by atoms with van der Waals surface area (Å²) in [5.74, 6) is -0.825. The number of rotatable bonds is 4. The molecule has 0 spiro atoms. The Morgan fingerprint density at radius 2 is 1.94 bits per heavy atom. The summed E-state index contributed by atoms with van der Waals surface area (Å²) >= 11 is 6.25. The number of carbonyl (C=O) groups excluding carboxylic acids is 3. The number of carbonyl (C=O) groups is 3. The molecule has 35 heavy (non-hydrogen) atoms. The maximum Gasteiger partial charge on any atom is 0.295 e. The molecule has 2 amide bonds. The molecular weight excluding hydrogens is 468 g/mol. The van der Waals surface area contributed by atoms with Gasteiger partial charge >= 0.3 is 0 Å². The molecule has 1 fully saturated rings. The van der Waals surface area contributed by atoms with Crippen LogP contribution in [0.5, 0.6) is 0 Å². The molecule has 180 valence electrons. The van der Waals surface area contributed by atoms with Crippen molar-refractivity contribution in [1.29, 1.82) is 0 Å². The summed E-state index contributed by atoms with van der Waals surface area (Å²) in [4.78, 5) is 57.4. The minimum absolute atomic E-state index is 0. The highest BCUT2D eigenvalue weighted by atomic mass is 35.5. The number of piperazine rings is 1. The van der Waals surface area contributed by atoms with E-state index in [-0.39, 0.29) is 30.6 Å². The third kappa shape index (κ3) is 4.19. The monoisotopic (exact) mass is 492 g/mol. The van der Waals surface area contributed by atoms with E-state index in [0.29, 0.717) is 41.1 Å². The molecule has 5 rings (SSSR count). The van der Waals surface area contributed by atoms with Gasteiger partial charge in [-0.1, -0.05) is 29.8 Å². The SMILES string of the molecule is Cc1cnc(-c2cc(Cl)nc3c(C(=O)C(=O)N4CCN(C(=O)c5ccccc5)C[C@H]4C)c[nH]c23)[nH]1.[HH]. The smallest absolute Gasteiger partial charge is 0.295 e. The first-order valence-electron chi connectivity index (χ1n) is 11.2. The Bertz CT molecular complexity index is 1450. The molecule has 2 N–H and O–H groups in total. The lowest BCUT2D eigenvalue weighted by Crippen LogP contribution is -2.56. The first-order valence-corrected chi connectivity index (χ1v) is 11.6. The molecule has 0 aliphatic carbocycles. The Morgan fingerprint density at radius 1 is 1.17 bits per heavy atom. The van der Waals surface area contributed by atoms with Crippen LogP contribution in [0.4, 0.5) is 0 Å². The molecule has 9 nitrogen and oxygen atoms in total. The van der Waals surface area contributed by atoms with Gasteiger partial charge in [-0.25, -0.2) is 9.97 Å². The Morgan fingerprint density at radius 3 is 2.63 bits per heavy atom. The molecule has 1 aliphatic heterocycles. The van der Waals surface area contributed by atoms with Crippen LogP contribution < -0.4 is 0 Å². The standard InChI is InChI=1S/C25H23ClN6O3.H2/c1-14-11-28-23(29-14)17-10-19(26)30-21-18(12-27-20(17)21)22(33)25(35)32-9-8-31(13-15(32)2)24(34)16-6-4-3-5-7-16;/h3-7,10-12,15,27H,8-9,13H2,1-2H3,(H,28,29);1H/t15-;/m1./s1. The zero-order chi connectivity index (χ0) is 24.7. The minimum Gasteiger partial charge on any atom is -0.358 e. The van der Waals surface area contributed by atoms with E-state index in [9.17, 15) is 14.4 Å². The highest BCUT2D eigenvalue weighted by Crippen LogP contribution is 2.30. The number of H-pyrrole nitrogens is 2. The molecule has 1 saturated heterocycles. The van der Waals surface area contributed by atoms with Gasteiger partial charge in [0.25, 0.3) is 17.6 Å². The van der Waals surface area contributed by atoms with E-state index < -0.39 is 11.7 Å². The molecular formula is C25H25ClN6O3. The van der Waals surface area contributed by atoms with E-state index in [4.69, 9.17) is 11.6 Å². The van der Waals surface area contributed by atoms with Crippen LogP contribution >= 0.6 is 11.6 Å². The van der Waals surface area contributed by atoms with Crippen molar-refractivity contribution in [1.82, 2.24) is 29.7 Å². The molecule has 1 aromatic carbocycles. The highest BCUT2D eigenvalue weighted by Gasteiger charge is 2.34. The van der Waals surface area contributed by atoms with E-state index in [1.807, 2.05) is 32.0 Å². The lowest BCUT2D eigenvalue weighted by Gasteiger charge is -2.39. The molecule has 4 aromatic rings. The molecule has 10 heteroatoms. The largest absolute Gasteiger partial charge is 0.358 e. The number of nitrogens with one attached hydrogen (secondary N) is 2. The van der Waals surface area contributed by atoms with Crippen molar-refractivity contribution >= 4 is 40.2 Å². The van der Waals surface area contributed by atoms with Crippen molar-refractivity contribution in [3.63, 3.8) is 0 Å². The van der Waals surface area contributed by atoms with Crippen molar-refractivity contribution in [2.24, 2.45) is 0 Å². The van der Waals surface area contributed by atoms with Gasteiger partial charge in [0.15, 0.2) is 0 Å². The average Bonchev–Trinajstić information content (AvgIpc) is 3.49. The number of fused-ring (bicyclic) bond motifs is 1. The number of halogens is 1. The summed E-state index contributed by atoms with van der Waals surface area (Å²) in [6, 6.07) is 10.3. The Kier molecular flexibility index (Phi) is 5.86. The summed E-state index contributed by atoms with van der Waals surface area (Å²) in [7, 11) is 0. The van der Waals surface area contributed by atoms with Gasteiger partial charge in [0, 0.05) is 56.3 Å². The second kappa shape index (κ2) is 8.99. The van der Waals surface area contributed by atoms with Crippen molar-refractivity contribution in [3.05, 3.63) is 70.8 Å².